The summed E-state index contributed by atoms with van der Waals surface area (Å²) in [6.45, 7) is 3.61. The molecule has 0 atom stereocenters. The molecule has 7 heavy (non-hydrogen) atoms. The Morgan fingerprint density at radius 3 is 2.43 bits per heavy atom. The number of hydrogen-bond donors (Lipinski definition) is 2. The van der Waals surface area contributed by atoms with E-state index in [1.54, 1.807) is 0 Å². The van der Waals surface area contributed by atoms with Crippen molar-refractivity contribution >= 4 is 28.3 Å². The number of rotatable bonds is 0. The molecule has 0 aromatic heterocycles. The standard InChI is InChI=1S/C3H4N2S2/c1-2-4-5-3(6)7-2/h4H,1H2,(H,5,6). The molecule has 0 radical (unpaired) electrons. The molecule has 0 aliphatic carbocycles. The first-order chi connectivity index (χ1) is 3.29. The van der Waals surface area contributed by atoms with Crippen molar-refractivity contribution in [3.63, 3.8) is 0 Å². The third-order valence-corrected chi connectivity index (χ3v) is 1.51. The lowest BCUT2D eigenvalue weighted by atomic mass is 11.0. The minimum absolute atomic E-state index is 0.741. The first-order valence-electron chi connectivity index (χ1n) is 1.72. The van der Waals surface area contributed by atoms with Gasteiger partial charge in [-0.05, 0) is 11.8 Å². The molecule has 1 fully saturated rings. The Bertz CT molecular complexity index is 106. The van der Waals surface area contributed by atoms with Crippen LogP contribution >= 0.6 is 24.0 Å². The van der Waals surface area contributed by atoms with Gasteiger partial charge in [0.15, 0.2) is 4.32 Å². The maximum Gasteiger partial charge on any atom is 0.158 e. The zero-order valence-electron chi connectivity index (χ0n) is 3.52. The Morgan fingerprint density at radius 2 is 2.29 bits per heavy atom. The highest BCUT2D eigenvalue weighted by molar-refractivity contribution is 8.25. The van der Waals surface area contributed by atoms with E-state index in [-0.39, 0.29) is 0 Å². The van der Waals surface area contributed by atoms with E-state index in [1.165, 1.54) is 11.8 Å². The molecule has 38 valence electrons. The zero-order valence-corrected chi connectivity index (χ0v) is 5.16. The van der Waals surface area contributed by atoms with Crippen LogP contribution in [0.5, 0.6) is 0 Å². The molecule has 0 bridgehead atoms. The Labute approximate surface area is 51.3 Å². The summed E-state index contributed by atoms with van der Waals surface area (Å²) in [5.41, 5.74) is 5.46. The fourth-order valence-corrected chi connectivity index (χ4v) is 1.06. The fraction of sp³-hybridized carbons (Fsp3) is 0. The minimum atomic E-state index is 0.741. The van der Waals surface area contributed by atoms with E-state index >= 15 is 0 Å². The lowest BCUT2D eigenvalue weighted by molar-refractivity contribution is 0.844. The maximum absolute atomic E-state index is 4.72. The van der Waals surface area contributed by atoms with Gasteiger partial charge in [-0.25, -0.2) is 0 Å². The second-order valence-corrected chi connectivity index (χ2v) is 2.83. The van der Waals surface area contributed by atoms with Crippen LogP contribution in [0.4, 0.5) is 0 Å². The first-order valence-corrected chi connectivity index (χ1v) is 2.94. The maximum atomic E-state index is 4.72. The van der Waals surface area contributed by atoms with Crippen LogP contribution in [0.3, 0.4) is 0 Å². The summed E-state index contributed by atoms with van der Waals surface area (Å²) in [5.74, 6) is 0. The van der Waals surface area contributed by atoms with Crippen LogP contribution < -0.4 is 10.9 Å². The van der Waals surface area contributed by atoms with Crippen molar-refractivity contribution < 1.29 is 0 Å². The predicted octanol–water partition coefficient (Wildman–Crippen LogP) is 0.584. The summed E-state index contributed by atoms with van der Waals surface area (Å²) in [6.07, 6.45) is 0. The minimum Gasteiger partial charge on any atom is -0.293 e. The molecule has 0 unspecified atom stereocenters. The summed E-state index contributed by atoms with van der Waals surface area (Å²) in [7, 11) is 0. The van der Waals surface area contributed by atoms with E-state index in [4.69, 9.17) is 12.2 Å². The Kier molecular flexibility index (Phi) is 1.21. The molecule has 4 heteroatoms. The monoisotopic (exact) mass is 132 g/mol. The molecule has 0 aromatic carbocycles. The van der Waals surface area contributed by atoms with Gasteiger partial charge in [0, 0.05) is 0 Å². The second kappa shape index (κ2) is 1.71. The number of nitrogens with one attached hydrogen (secondary N) is 2. The van der Waals surface area contributed by atoms with Crippen LogP contribution in [0.2, 0.25) is 0 Å². The van der Waals surface area contributed by atoms with Crippen molar-refractivity contribution in [2.45, 2.75) is 0 Å². The van der Waals surface area contributed by atoms with Crippen LogP contribution in [0, 0.1) is 0 Å². The van der Waals surface area contributed by atoms with E-state index in [1.807, 2.05) is 0 Å². The first kappa shape index (κ1) is 4.93. The predicted molar refractivity (Wildman–Crippen MR) is 35.6 cm³/mol. The summed E-state index contributed by atoms with van der Waals surface area (Å²) < 4.78 is 0.741. The second-order valence-electron chi connectivity index (χ2n) is 1.06. The number of thiocarbonyl (C=S) groups is 1. The average molecular weight is 132 g/mol. The van der Waals surface area contributed by atoms with Gasteiger partial charge in [-0.1, -0.05) is 18.8 Å². The molecule has 0 amide bonds. The summed E-state index contributed by atoms with van der Waals surface area (Å²) in [6, 6.07) is 0. The van der Waals surface area contributed by atoms with Gasteiger partial charge in [0.1, 0.15) is 0 Å². The third-order valence-electron chi connectivity index (χ3n) is 0.520. The third kappa shape index (κ3) is 1.07. The van der Waals surface area contributed by atoms with Crippen molar-refractivity contribution in [1.29, 1.82) is 0 Å². The Balaban J connectivity index is 2.55. The highest BCUT2D eigenvalue weighted by Crippen LogP contribution is 2.14. The van der Waals surface area contributed by atoms with Crippen LogP contribution in [0.15, 0.2) is 11.6 Å². The normalized spacial score (nSPS) is 18.9. The highest BCUT2D eigenvalue weighted by Gasteiger charge is 2.06. The van der Waals surface area contributed by atoms with Gasteiger partial charge in [-0.3, -0.25) is 10.9 Å². The van der Waals surface area contributed by atoms with Gasteiger partial charge < -0.3 is 0 Å². The summed E-state index contributed by atoms with van der Waals surface area (Å²) in [5, 5.41) is 0.866. The lowest BCUT2D eigenvalue weighted by Gasteiger charge is -1.87. The Hall–Kier alpha value is -0.220. The van der Waals surface area contributed by atoms with Gasteiger partial charge in [-0.15, -0.1) is 0 Å². The number of thioether (sulfide) groups is 1. The van der Waals surface area contributed by atoms with E-state index in [0.717, 1.165) is 9.35 Å². The smallest absolute Gasteiger partial charge is 0.158 e. The van der Waals surface area contributed by atoms with Crippen molar-refractivity contribution in [2.75, 3.05) is 0 Å². The number of hydrogen-bond acceptors (Lipinski definition) is 3. The fourth-order valence-electron chi connectivity index (χ4n) is 0.284. The average Bonchev–Trinajstić information content (AvgIpc) is 1.87. The van der Waals surface area contributed by atoms with Gasteiger partial charge in [0.2, 0.25) is 0 Å². The molecule has 1 heterocycles. The molecule has 0 aromatic rings. The van der Waals surface area contributed by atoms with Crippen LogP contribution in [0.25, 0.3) is 0 Å². The molecule has 2 N–H and O–H groups in total. The molecule has 1 saturated heterocycles. The zero-order chi connectivity index (χ0) is 5.28. The molecule has 2 nitrogen and oxygen atoms in total. The van der Waals surface area contributed by atoms with Crippen molar-refractivity contribution in [3.05, 3.63) is 11.6 Å². The van der Waals surface area contributed by atoms with Crippen molar-refractivity contribution in [1.82, 2.24) is 10.9 Å². The molecule has 0 saturated carbocycles. The lowest BCUT2D eigenvalue weighted by Crippen LogP contribution is -2.23. The highest BCUT2D eigenvalue weighted by atomic mass is 32.2. The molecular weight excluding hydrogens is 128 g/mol. The quantitative estimate of drug-likeness (QED) is 0.471. The van der Waals surface area contributed by atoms with Gasteiger partial charge >= 0.3 is 0 Å². The van der Waals surface area contributed by atoms with E-state index < -0.39 is 0 Å². The summed E-state index contributed by atoms with van der Waals surface area (Å²) in [4.78, 5) is 0. The topological polar surface area (TPSA) is 24.1 Å². The molecule has 0 spiro atoms. The SMILES string of the molecule is C=C1NNC(=S)S1. The van der Waals surface area contributed by atoms with Crippen LogP contribution in [0.1, 0.15) is 0 Å². The van der Waals surface area contributed by atoms with Gasteiger partial charge in [0.25, 0.3) is 0 Å². The van der Waals surface area contributed by atoms with Crippen molar-refractivity contribution in [2.24, 2.45) is 0 Å². The Morgan fingerprint density at radius 1 is 1.57 bits per heavy atom. The largest absolute Gasteiger partial charge is 0.293 e. The van der Waals surface area contributed by atoms with Gasteiger partial charge in [-0.2, -0.15) is 0 Å². The van der Waals surface area contributed by atoms with Crippen molar-refractivity contribution in [3.8, 4) is 0 Å². The molecule has 1 aliphatic rings. The number of hydrazine groups is 1. The molecule has 1 rings (SSSR count). The summed E-state index contributed by atoms with van der Waals surface area (Å²) >= 11 is 6.16. The van der Waals surface area contributed by atoms with Gasteiger partial charge in [0.05, 0.1) is 5.03 Å². The molecule has 1 aliphatic heterocycles. The van der Waals surface area contributed by atoms with E-state index in [2.05, 4.69) is 17.4 Å². The van der Waals surface area contributed by atoms with E-state index in [9.17, 15) is 0 Å². The van der Waals surface area contributed by atoms with E-state index in [0.29, 0.717) is 0 Å². The van der Waals surface area contributed by atoms with Crippen LogP contribution in [-0.2, 0) is 0 Å². The molecular formula is C3H4N2S2. The van der Waals surface area contributed by atoms with Crippen LogP contribution in [-0.4, -0.2) is 4.32 Å².